The van der Waals surface area contributed by atoms with E-state index in [1.54, 1.807) is 0 Å². The zero-order valence-corrected chi connectivity index (χ0v) is 16.0. The lowest BCUT2D eigenvalue weighted by molar-refractivity contribution is 0.261. The number of ether oxygens (including phenoxy) is 1. The van der Waals surface area contributed by atoms with Crippen LogP contribution in [0.1, 0.15) is 37.8 Å². The van der Waals surface area contributed by atoms with Crippen molar-refractivity contribution >= 4 is 15.8 Å². The predicted octanol–water partition coefficient (Wildman–Crippen LogP) is 1.89. The van der Waals surface area contributed by atoms with Crippen molar-refractivity contribution < 1.29 is 13.2 Å². The Morgan fingerprint density at radius 1 is 1.27 bits per heavy atom. The number of para-hydroxylation sites is 1. The number of fused-ring (bicyclic) bond motifs is 1. The van der Waals surface area contributed by atoms with Gasteiger partial charge in [0, 0.05) is 24.6 Å². The van der Waals surface area contributed by atoms with Gasteiger partial charge < -0.3 is 15.4 Å². The molecule has 2 fully saturated rings. The SMILES string of the molecule is CC1CC1NC(=NCC1CCS(=O)(=O)C1)NC1CCOc2ccccc21. The Labute approximate surface area is 155 Å². The van der Waals surface area contributed by atoms with Crippen molar-refractivity contribution in [1.82, 2.24) is 10.6 Å². The van der Waals surface area contributed by atoms with Crippen molar-refractivity contribution in [2.24, 2.45) is 16.8 Å². The highest BCUT2D eigenvalue weighted by molar-refractivity contribution is 7.91. The molecule has 26 heavy (non-hydrogen) atoms. The number of nitrogens with one attached hydrogen (secondary N) is 2. The summed E-state index contributed by atoms with van der Waals surface area (Å²) in [5.41, 5.74) is 1.15. The molecule has 4 atom stereocenters. The molecule has 0 spiro atoms. The second-order valence-corrected chi connectivity index (χ2v) is 10.0. The molecule has 2 N–H and O–H groups in total. The quantitative estimate of drug-likeness (QED) is 0.619. The summed E-state index contributed by atoms with van der Waals surface area (Å²) < 4.78 is 29.1. The molecule has 1 aliphatic carbocycles. The fourth-order valence-corrected chi connectivity index (χ4v) is 5.57. The van der Waals surface area contributed by atoms with Crippen LogP contribution in [0.25, 0.3) is 0 Å². The Bertz CT molecular complexity index is 793. The highest BCUT2D eigenvalue weighted by Crippen LogP contribution is 2.32. The molecule has 1 aromatic rings. The van der Waals surface area contributed by atoms with E-state index in [0.717, 1.165) is 36.5 Å². The van der Waals surface area contributed by atoms with Crippen LogP contribution < -0.4 is 15.4 Å². The van der Waals surface area contributed by atoms with E-state index in [4.69, 9.17) is 9.73 Å². The second kappa shape index (κ2) is 7.10. The average Bonchev–Trinajstić information content (AvgIpc) is 3.19. The molecule has 142 valence electrons. The van der Waals surface area contributed by atoms with Gasteiger partial charge in [0.2, 0.25) is 0 Å². The molecule has 3 aliphatic rings. The van der Waals surface area contributed by atoms with Crippen LogP contribution in [0.3, 0.4) is 0 Å². The minimum Gasteiger partial charge on any atom is -0.493 e. The van der Waals surface area contributed by atoms with E-state index in [2.05, 4.69) is 23.6 Å². The number of sulfone groups is 1. The Hall–Kier alpha value is -1.76. The summed E-state index contributed by atoms with van der Waals surface area (Å²) >= 11 is 0. The van der Waals surface area contributed by atoms with Gasteiger partial charge in [0.25, 0.3) is 0 Å². The molecule has 0 aromatic heterocycles. The van der Waals surface area contributed by atoms with Crippen LogP contribution in [0.15, 0.2) is 29.3 Å². The molecule has 1 aromatic carbocycles. The highest BCUT2D eigenvalue weighted by atomic mass is 32.2. The number of nitrogens with zero attached hydrogens (tertiary/aromatic N) is 1. The topological polar surface area (TPSA) is 79.8 Å². The van der Waals surface area contributed by atoms with Crippen molar-refractivity contribution in [2.45, 2.75) is 38.3 Å². The van der Waals surface area contributed by atoms with Gasteiger partial charge in [-0.1, -0.05) is 25.1 Å². The summed E-state index contributed by atoms with van der Waals surface area (Å²) in [7, 11) is -2.86. The first-order chi connectivity index (χ1) is 12.5. The number of benzene rings is 1. The summed E-state index contributed by atoms with van der Waals surface area (Å²) in [5.74, 6) is 3.09. The Morgan fingerprint density at radius 3 is 2.81 bits per heavy atom. The number of rotatable bonds is 4. The maximum Gasteiger partial charge on any atom is 0.191 e. The predicted molar refractivity (Wildman–Crippen MR) is 102 cm³/mol. The summed E-state index contributed by atoms with van der Waals surface area (Å²) in [6.07, 6.45) is 2.76. The molecule has 0 bridgehead atoms. The van der Waals surface area contributed by atoms with E-state index in [0.29, 0.717) is 30.9 Å². The minimum absolute atomic E-state index is 0.136. The van der Waals surface area contributed by atoms with Crippen molar-refractivity contribution in [2.75, 3.05) is 24.7 Å². The van der Waals surface area contributed by atoms with Crippen LogP contribution in [0.5, 0.6) is 5.75 Å². The number of hydrogen-bond donors (Lipinski definition) is 2. The third-order valence-electron chi connectivity index (χ3n) is 5.54. The van der Waals surface area contributed by atoms with Crippen LogP contribution in [-0.2, 0) is 9.84 Å². The van der Waals surface area contributed by atoms with Crippen LogP contribution in [0.4, 0.5) is 0 Å². The van der Waals surface area contributed by atoms with Gasteiger partial charge in [-0.2, -0.15) is 0 Å². The first-order valence-corrected chi connectivity index (χ1v) is 11.3. The van der Waals surface area contributed by atoms with Crippen molar-refractivity contribution in [3.63, 3.8) is 0 Å². The molecule has 2 heterocycles. The third-order valence-corrected chi connectivity index (χ3v) is 7.37. The minimum atomic E-state index is -2.86. The monoisotopic (exact) mass is 377 g/mol. The van der Waals surface area contributed by atoms with Crippen LogP contribution >= 0.6 is 0 Å². The van der Waals surface area contributed by atoms with Crippen LogP contribution in [0.2, 0.25) is 0 Å². The van der Waals surface area contributed by atoms with Crippen molar-refractivity contribution in [3.8, 4) is 5.75 Å². The Morgan fingerprint density at radius 2 is 2.08 bits per heavy atom. The number of hydrogen-bond acceptors (Lipinski definition) is 4. The fourth-order valence-electron chi connectivity index (χ4n) is 3.73. The van der Waals surface area contributed by atoms with Gasteiger partial charge in [0.1, 0.15) is 5.75 Å². The standard InChI is InChI=1S/C19H27N3O3S/c1-13-10-17(13)22-19(20-11-14-7-9-26(23,24)12-14)21-16-6-8-25-18-5-3-2-4-15(16)18/h2-5,13-14,16-17H,6-12H2,1H3,(H2,20,21,22). The molecule has 2 aliphatic heterocycles. The zero-order chi connectivity index (χ0) is 18.1. The van der Waals surface area contributed by atoms with Gasteiger partial charge in [-0.05, 0) is 30.7 Å². The van der Waals surface area contributed by atoms with Crippen LogP contribution in [-0.4, -0.2) is 45.1 Å². The van der Waals surface area contributed by atoms with E-state index in [1.165, 1.54) is 0 Å². The van der Waals surface area contributed by atoms with Gasteiger partial charge >= 0.3 is 0 Å². The molecular formula is C19H27N3O3S. The molecule has 4 unspecified atom stereocenters. The normalized spacial score (nSPS) is 32.4. The van der Waals surface area contributed by atoms with Gasteiger partial charge in [-0.15, -0.1) is 0 Å². The largest absolute Gasteiger partial charge is 0.493 e. The van der Waals surface area contributed by atoms with E-state index in [1.807, 2.05) is 18.2 Å². The van der Waals surface area contributed by atoms with E-state index in [-0.39, 0.29) is 17.7 Å². The van der Waals surface area contributed by atoms with E-state index < -0.39 is 9.84 Å². The van der Waals surface area contributed by atoms with Gasteiger partial charge in [-0.25, -0.2) is 8.42 Å². The molecule has 6 nitrogen and oxygen atoms in total. The Kier molecular flexibility index (Phi) is 4.82. The second-order valence-electron chi connectivity index (χ2n) is 7.79. The average molecular weight is 378 g/mol. The van der Waals surface area contributed by atoms with Crippen molar-refractivity contribution in [1.29, 1.82) is 0 Å². The van der Waals surface area contributed by atoms with Gasteiger partial charge in [0.05, 0.1) is 24.2 Å². The van der Waals surface area contributed by atoms with E-state index >= 15 is 0 Å². The molecule has 1 saturated heterocycles. The summed E-state index contributed by atoms with van der Waals surface area (Å²) in [4.78, 5) is 4.74. The van der Waals surface area contributed by atoms with E-state index in [9.17, 15) is 8.42 Å². The highest BCUT2D eigenvalue weighted by Gasteiger charge is 2.34. The third kappa shape index (κ3) is 4.14. The lowest BCUT2D eigenvalue weighted by Gasteiger charge is -2.28. The van der Waals surface area contributed by atoms with Crippen LogP contribution in [0, 0.1) is 11.8 Å². The van der Waals surface area contributed by atoms with Crippen molar-refractivity contribution in [3.05, 3.63) is 29.8 Å². The molecule has 0 radical (unpaired) electrons. The van der Waals surface area contributed by atoms with Gasteiger partial charge in [-0.3, -0.25) is 4.99 Å². The maximum atomic E-state index is 11.7. The fraction of sp³-hybridized carbons (Fsp3) is 0.632. The smallest absolute Gasteiger partial charge is 0.191 e. The first-order valence-electron chi connectivity index (χ1n) is 9.50. The number of guanidine groups is 1. The number of aliphatic imine (C=N–C) groups is 1. The summed E-state index contributed by atoms with van der Waals surface area (Å²) in [6.45, 7) is 3.46. The molecule has 0 amide bonds. The zero-order valence-electron chi connectivity index (χ0n) is 15.1. The Balaban J connectivity index is 1.46. The first kappa shape index (κ1) is 17.6. The molecule has 1 saturated carbocycles. The maximum absolute atomic E-state index is 11.7. The lowest BCUT2D eigenvalue weighted by Crippen LogP contribution is -2.42. The summed E-state index contributed by atoms with van der Waals surface area (Å²) in [6, 6.07) is 8.73. The van der Waals surface area contributed by atoms with Gasteiger partial charge in [0.15, 0.2) is 15.8 Å². The molecule has 4 rings (SSSR count). The lowest BCUT2D eigenvalue weighted by atomic mass is 10.0. The summed E-state index contributed by atoms with van der Waals surface area (Å²) in [5, 5.41) is 7.07. The molecule has 7 heteroatoms. The molecular weight excluding hydrogens is 350 g/mol.